The summed E-state index contributed by atoms with van der Waals surface area (Å²) in [6.45, 7) is 3.03. The summed E-state index contributed by atoms with van der Waals surface area (Å²) < 4.78 is 5.69. The number of hydrogen-bond donors (Lipinski definition) is 0. The lowest BCUT2D eigenvalue weighted by Crippen LogP contribution is -2.37. The highest BCUT2D eigenvalue weighted by atomic mass is 35.5. The monoisotopic (exact) mass is 415 g/mol. The van der Waals surface area contributed by atoms with Gasteiger partial charge in [-0.05, 0) is 37.7 Å². The van der Waals surface area contributed by atoms with Gasteiger partial charge in [0, 0.05) is 37.1 Å². The van der Waals surface area contributed by atoms with Gasteiger partial charge in [0.15, 0.2) is 0 Å². The minimum atomic E-state index is 0. The van der Waals surface area contributed by atoms with Crippen molar-refractivity contribution in [3.05, 3.63) is 35.9 Å². The first kappa shape index (κ1) is 21.9. The summed E-state index contributed by atoms with van der Waals surface area (Å²) in [6.07, 6.45) is 7.37. The first-order valence-corrected chi connectivity index (χ1v) is 11.9. The van der Waals surface area contributed by atoms with Gasteiger partial charge in [-0.2, -0.15) is 0 Å². The summed E-state index contributed by atoms with van der Waals surface area (Å²) in [5.41, 5.74) is 1.36. The summed E-state index contributed by atoms with van der Waals surface area (Å²) in [6, 6.07) is 10.6. The number of likely N-dealkylation sites (tertiary alicyclic amines) is 1. The Bertz CT molecular complexity index is 518. The molecule has 1 unspecified atom stereocenters. The van der Waals surface area contributed by atoms with Gasteiger partial charge in [-0.15, -0.1) is 12.4 Å². The van der Waals surface area contributed by atoms with E-state index in [0.29, 0.717) is 6.42 Å². The molecule has 2 aliphatic rings. The second-order valence-electron chi connectivity index (χ2n) is 7.03. The number of halogens is 1. The molecule has 1 aromatic carbocycles. The average molecular weight is 416 g/mol. The number of rotatable bonds is 8. The van der Waals surface area contributed by atoms with Crippen LogP contribution < -0.4 is 0 Å². The fourth-order valence-corrected chi connectivity index (χ4v) is 6.51. The zero-order valence-electron chi connectivity index (χ0n) is 15.3. The Balaban J connectivity index is 0.00000243. The summed E-state index contributed by atoms with van der Waals surface area (Å²) in [5.74, 6) is 1.30. The number of nitrogens with zero attached hydrogens (tertiary/aromatic N) is 1. The Morgan fingerprint density at radius 3 is 2.58 bits per heavy atom. The second kappa shape index (κ2) is 12.2. The minimum Gasteiger partial charge on any atom is -0.462 e. The third-order valence-corrected chi connectivity index (χ3v) is 7.97. The van der Waals surface area contributed by atoms with E-state index >= 15 is 0 Å². The molecular weight excluding hydrogens is 386 g/mol. The van der Waals surface area contributed by atoms with E-state index in [1.807, 2.05) is 21.6 Å². The van der Waals surface area contributed by atoms with Crippen LogP contribution in [0.3, 0.4) is 0 Å². The van der Waals surface area contributed by atoms with Crippen LogP contribution in [-0.4, -0.2) is 41.1 Å². The predicted molar refractivity (Wildman–Crippen MR) is 115 cm³/mol. The van der Waals surface area contributed by atoms with Crippen LogP contribution in [-0.2, 0) is 16.1 Å². The largest absolute Gasteiger partial charge is 0.462 e. The van der Waals surface area contributed by atoms with Crippen molar-refractivity contribution in [2.75, 3.05) is 18.8 Å². The molecule has 0 amide bonds. The lowest BCUT2D eigenvalue weighted by molar-refractivity contribution is -0.151. The van der Waals surface area contributed by atoms with Crippen LogP contribution in [0.25, 0.3) is 0 Å². The lowest BCUT2D eigenvalue weighted by atomic mass is 10.1. The molecule has 3 rings (SSSR count). The quantitative estimate of drug-likeness (QED) is 0.325. The fraction of sp³-hybridized carbons (Fsp3) is 0.650. The molecule has 2 fully saturated rings. The maximum absolute atomic E-state index is 12.0. The van der Waals surface area contributed by atoms with Crippen molar-refractivity contribution in [3.63, 3.8) is 0 Å². The van der Waals surface area contributed by atoms with E-state index < -0.39 is 0 Å². The van der Waals surface area contributed by atoms with Crippen molar-refractivity contribution in [2.24, 2.45) is 0 Å². The number of benzene rings is 1. The van der Waals surface area contributed by atoms with Gasteiger partial charge in [0.1, 0.15) is 6.10 Å². The molecule has 0 saturated carbocycles. The van der Waals surface area contributed by atoms with Crippen molar-refractivity contribution in [3.8, 4) is 0 Å². The summed E-state index contributed by atoms with van der Waals surface area (Å²) >= 11 is 0. The molecule has 0 radical (unpaired) electrons. The Hall–Kier alpha value is -0.360. The van der Waals surface area contributed by atoms with E-state index in [-0.39, 0.29) is 24.5 Å². The van der Waals surface area contributed by atoms with Gasteiger partial charge in [-0.1, -0.05) is 58.3 Å². The highest BCUT2D eigenvalue weighted by Gasteiger charge is 2.22. The van der Waals surface area contributed by atoms with Gasteiger partial charge >= 0.3 is 5.97 Å². The molecule has 0 aromatic heterocycles. The Morgan fingerprint density at radius 1 is 1.12 bits per heavy atom. The molecule has 3 nitrogen and oxygen atoms in total. The highest BCUT2D eigenvalue weighted by Crippen LogP contribution is 2.39. The maximum atomic E-state index is 12.0. The molecule has 2 heterocycles. The van der Waals surface area contributed by atoms with Gasteiger partial charge in [0.25, 0.3) is 0 Å². The van der Waals surface area contributed by atoms with Gasteiger partial charge in [0.2, 0.25) is 0 Å². The van der Waals surface area contributed by atoms with Crippen LogP contribution in [0.4, 0.5) is 0 Å². The number of piperidine rings is 1. The van der Waals surface area contributed by atoms with Crippen LogP contribution in [0.2, 0.25) is 0 Å². The normalized spacial score (nSPS) is 21.3. The SMILES string of the molecule is Cl.O=C(CCCCC1CCSS1)OC1CCN(Cc2ccccc2)CC1. The smallest absolute Gasteiger partial charge is 0.306 e. The van der Waals surface area contributed by atoms with E-state index in [1.165, 1.54) is 24.2 Å². The molecule has 2 aliphatic heterocycles. The standard InChI is InChI=1S/C20H29NO2S2.ClH/c22-20(9-5-4-8-19-12-15-24-25-19)23-18-10-13-21(14-11-18)16-17-6-2-1-3-7-17;/h1-3,6-7,18-19H,4-5,8-16H2;1H. The Labute approximate surface area is 171 Å². The van der Waals surface area contributed by atoms with Crippen molar-refractivity contribution in [2.45, 2.75) is 62.8 Å². The summed E-state index contributed by atoms with van der Waals surface area (Å²) in [5, 5.41) is 0.815. The zero-order valence-corrected chi connectivity index (χ0v) is 17.8. The molecule has 2 saturated heterocycles. The predicted octanol–water partition coefficient (Wildman–Crippen LogP) is 5.33. The average Bonchev–Trinajstić information content (AvgIpc) is 3.15. The number of unbranched alkanes of at least 4 members (excludes halogenated alkanes) is 1. The molecule has 0 bridgehead atoms. The number of carbonyl (C=O) groups excluding carboxylic acids is 1. The summed E-state index contributed by atoms with van der Waals surface area (Å²) in [4.78, 5) is 14.5. The molecule has 6 heteroatoms. The first-order chi connectivity index (χ1) is 12.3. The van der Waals surface area contributed by atoms with Crippen LogP contribution in [0.5, 0.6) is 0 Å². The highest BCUT2D eigenvalue weighted by molar-refractivity contribution is 8.77. The third kappa shape index (κ3) is 7.71. The molecule has 1 atom stereocenters. The van der Waals surface area contributed by atoms with Crippen molar-refractivity contribution in [1.29, 1.82) is 0 Å². The summed E-state index contributed by atoms with van der Waals surface area (Å²) in [7, 11) is 4.02. The van der Waals surface area contributed by atoms with Gasteiger partial charge < -0.3 is 4.74 Å². The fourth-order valence-electron chi connectivity index (χ4n) is 3.48. The maximum Gasteiger partial charge on any atom is 0.306 e. The molecule has 1 aromatic rings. The van der Waals surface area contributed by atoms with Crippen LogP contribution in [0.15, 0.2) is 30.3 Å². The van der Waals surface area contributed by atoms with Crippen molar-refractivity contribution in [1.82, 2.24) is 4.90 Å². The van der Waals surface area contributed by atoms with E-state index in [1.54, 1.807) is 0 Å². The van der Waals surface area contributed by atoms with E-state index in [4.69, 9.17) is 4.74 Å². The van der Waals surface area contributed by atoms with Crippen LogP contribution >= 0.6 is 34.0 Å². The number of hydrogen-bond acceptors (Lipinski definition) is 5. The molecular formula is C20H30ClNO2S2. The molecule has 26 heavy (non-hydrogen) atoms. The van der Waals surface area contributed by atoms with E-state index in [0.717, 1.165) is 50.6 Å². The van der Waals surface area contributed by atoms with Gasteiger partial charge in [-0.25, -0.2) is 0 Å². The van der Waals surface area contributed by atoms with Crippen molar-refractivity contribution < 1.29 is 9.53 Å². The van der Waals surface area contributed by atoms with Gasteiger partial charge in [-0.3, -0.25) is 9.69 Å². The molecule has 0 spiro atoms. The molecule has 0 aliphatic carbocycles. The van der Waals surface area contributed by atoms with E-state index in [9.17, 15) is 4.79 Å². The third-order valence-electron chi connectivity index (χ3n) is 4.97. The van der Waals surface area contributed by atoms with Crippen LogP contribution in [0, 0.1) is 0 Å². The molecule has 146 valence electrons. The second-order valence-corrected chi connectivity index (χ2v) is 9.81. The van der Waals surface area contributed by atoms with E-state index in [2.05, 4.69) is 35.2 Å². The number of ether oxygens (including phenoxy) is 1. The Kier molecular flexibility index (Phi) is 10.3. The van der Waals surface area contributed by atoms with Crippen molar-refractivity contribution >= 4 is 40.0 Å². The van der Waals surface area contributed by atoms with Gasteiger partial charge in [0.05, 0.1) is 0 Å². The molecule has 0 N–H and O–H groups in total. The minimum absolute atomic E-state index is 0. The number of carbonyl (C=O) groups is 1. The first-order valence-electron chi connectivity index (χ1n) is 9.53. The lowest BCUT2D eigenvalue weighted by Gasteiger charge is -2.31. The topological polar surface area (TPSA) is 29.5 Å². The zero-order chi connectivity index (χ0) is 17.3. The Morgan fingerprint density at radius 2 is 1.88 bits per heavy atom. The number of esters is 1. The van der Waals surface area contributed by atoms with Crippen LogP contribution in [0.1, 0.15) is 50.5 Å².